The molecule has 37 heavy (non-hydrogen) atoms. The van der Waals surface area contributed by atoms with Crippen molar-refractivity contribution in [1.82, 2.24) is 9.97 Å². The number of benzene rings is 3. The number of aromatic nitrogens is 2. The van der Waals surface area contributed by atoms with Crippen LogP contribution in [-0.4, -0.2) is 38.6 Å². The molecule has 0 unspecified atom stereocenters. The Morgan fingerprint density at radius 1 is 1.00 bits per heavy atom. The Hall–Kier alpha value is -4.31. The highest BCUT2D eigenvalue weighted by Gasteiger charge is 2.18. The molecule has 0 fully saturated rings. The summed E-state index contributed by atoms with van der Waals surface area (Å²) in [7, 11) is -2.32. The molecule has 0 aliphatic carbocycles. The molecule has 2 N–H and O–H groups in total. The molecule has 3 aromatic carbocycles. The van der Waals surface area contributed by atoms with Crippen molar-refractivity contribution in [2.24, 2.45) is 0 Å². The first-order valence-corrected chi connectivity index (χ1v) is 13.3. The molecule has 0 saturated carbocycles. The average Bonchev–Trinajstić information content (AvgIpc) is 3.32. The molecule has 10 heteroatoms. The lowest BCUT2D eigenvalue weighted by atomic mass is 10.1. The van der Waals surface area contributed by atoms with Gasteiger partial charge in [0, 0.05) is 35.9 Å². The van der Waals surface area contributed by atoms with E-state index < -0.39 is 15.6 Å². The first-order chi connectivity index (χ1) is 17.8. The van der Waals surface area contributed by atoms with E-state index in [1.54, 1.807) is 36.4 Å². The highest BCUT2D eigenvalue weighted by Crippen LogP contribution is 2.27. The normalized spacial score (nSPS) is 11.6. The largest absolute Gasteiger partial charge is 0.497 e. The number of hydrogen-bond acceptors (Lipinski definition) is 7. The molecule has 9 nitrogen and oxygen atoms in total. The molecule has 0 atom stereocenters. The van der Waals surface area contributed by atoms with E-state index in [-0.39, 0.29) is 10.5 Å². The molecule has 5 rings (SSSR count). The molecule has 0 saturated heterocycles. The fourth-order valence-electron chi connectivity index (χ4n) is 4.21. The molecule has 0 amide bonds. The van der Waals surface area contributed by atoms with Crippen LogP contribution in [-0.2, 0) is 10.0 Å². The number of hydrogen-bond donors (Lipinski definition) is 2. The van der Waals surface area contributed by atoms with Gasteiger partial charge in [0.2, 0.25) is 0 Å². The third-order valence-corrected chi connectivity index (χ3v) is 7.59. The number of methoxy groups -OCH3 is 1. The van der Waals surface area contributed by atoms with Gasteiger partial charge >= 0.3 is 5.63 Å². The third-order valence-electron chi connectivity index (χ3n) is 6.21. The highest BCUT2D eigenvalue weighted by atomic mass is 32.2. The number of anilines is 2. The van der Waals surface area contributed by atoms with Crippen molar-refractivity contribution < 1.29 is 17.6 Å². The third kappa shape index (κ3) is 4.75. The van der Waals surface area contributed by atoms with Crippen LogP contribution in [0.5, 0.6) is 5.75 Å². The van der Waals surface area contributed by atoms with Crippen molar-refractivity contribution in [3.05, 3.63) is 77.2 Å². The standard InChI is InChI=1S/C27H26N4O5S/c1-4-31(5-2)19-9-6-17-14-22(27(32)36-25(17)15-19)26-28-23-13-12-21(16-24(23)29-26)37(33,34)30-18-7-10-20(35-3)11-8-18/h6-16,30H,4-5H2,1-3H3,(H,28,29). The van der Waals surface area contributed by atoms with Crippen molar-refractivity contribution >= 4 is 43.4 Å². The predicted molar refractivity (Wildman–Crippen MR) is 145 cm³/mol. The quantitative estimate of drug-likeness (QED) is 0.278. The first-order valence-electron chi connectivity index (χ1n) is 11.8. The molecule has 0 aliphatic rings. The van der Waals surface area contributed by atoms with Crippen LogP contribution in [0.4, 0.5) is 11.4 Å². The van der Waals surface area contributed by atoms with Crippen LogP contribution >= 0.6 is 0 Å². The number of nitrogens with one attached hydrogen (secondary N) is 2. The van der Waals surface area contributed by atoms with Crippen LogP contribution in [0.15, 0.2) is 80.8 Å². The number of fused-ring (bicyclic) bond motifs is 2. The second-order valence-electron chi connectivity index (χ2n) is 8.44. The van der Waals surface area contributed by atoms with E-state index in [4.69, 9.17) is 9.15 Å². The summed E-state index contributed by atoms with van der Waals surface area (Å²) in [6, 6.07) is 18.6. The summed E-state index contributed by atoms with van der Waals surface area (Å²) in [6.07, 6.45) is 0. The summed E-state index contributed by atoms with van der Waals surface area (Å²) in [6.45, 7) is 5.83. The zero-order chi connectivity index (χ0) is 26.2. The van der Waals surface area contributed by atoms with E-state index in [2.05, 4.69) is 33.4 Å². The molecule has 2 aromatic heterocycles. The Labute approximate surface area is 213 Å². The molecule has 190 valence electrons. The van der Waals surface area contributed by atoms with Crippen molar-refractivity contribution in [3.8, 4) is 17.1 Å². The van der Waals surface area contributed by atoms with E-state index in [9.17, 15) is 13.2 Å². The summed E-state index contributed by atoms with van der Waals surface area (Å²) >= 11 is 0. The fraction of sp³-hybridized carbons (Fsp3) is 0.185. The Morgan fingerprint density at radius 2 is 1.76 bits per heavy atom. The molecule has 0 radical (unpaired) electrons. The van der Waals surface area contributed by atoms with E-state index in [1.165, 1.54) is 19.2 Å². The minimum Gasteiger partial charge on any atom is -0.497 e. The van der Waals surface area contributed by atoms with Gasteiger partial charge in [-0.3, -0.25) is 4.72 Å². The number of ether oxygens (including phenoxy) is 1. The number of H-pyrrole nitrogens is 1. The zero-order valence-electron chi connectivity index (χ0n) is 20.6. The number of aromatic amines is 1. The highest BCUT2D eigenvalue weighted by molar-refractivity contribution is 7.92. The molecule has 0 bridgehead atoms. The van der Waals surface area contributed by atoms with Gasteiger partial charge in [-0.15, -0.1) is 0 Å². The SMILES string of the molecule is CCN(CC)c1ccc2cc(-c3nc4ccc(S(=O)(=O)Nc5ccc(OC)cc5)cc4[nH]3)c(=O)oc2c1. The Bertz CT molecular complexity index is 1750. The summed E-state index contributed by atoms with van der Waals surface area (Å²) in [5, 5.41) is 0.762. The maximum Gasteiger partial charge on any atom is 0.347 e. The van der Waals surface area contributed by atoms with Crippen LogP contribution in [0.2, 0.25) is 0 Å². The van der Waals surface area contributed by atoms with Crippen molar-refractivity contribution in [1.29, 1.82) is 0 Å². The predicted octanol–water partition coefficient (Wildman–Crippen LogP) is 4.99. The van der Waals surface area contributed by atoms with Crippen LogP contribution in [0, 0.1) is 0 Å². The average molecular weight is 519 g/mol. The summed E-state index contributed by atoms with van der Waals surface area (Å²) < 4.78 is 39.2. The first kappa shape index (κ1) is 24.4. The van der Waals surface area contributed by atoms with Crippen molar-refractivity contribution in [2.75, 3.05) is 29.8 Å². The smallest absolute Gasteiger partial charge is 0.347 e. The van der Waals surface area contributed by atoms with E-state index in [1.807, 2.05) is 18.2 Å². The molecule has 0 aliphatic heterocycles. The maximum absolute atomic E-state index is 13.0. The minimum atomic E-state index is -3.86. The summed E-state index contributed by atoms with van der Waals surface area (Å²) in [5.41, 5.74) is 2.61. The number of imidazole rings is 1. The lowest BCUT2D eigenvalue weighted by Gasteiger charge is -2.20. The zero-order valence-corrected chi connectivity index (χ0v) is 21.4. The van der Waals surface area contributed by atoms with Crippen LogP contribution in [0.25, 0.3) is 33.4 Å². The van der Waals surface area contributed by atoms with Gasteiger partial charge in [-0.05, 0) is 74.5 Å². The Balaban J connectivity index is 1.48. The van der Waals surface area contributed by atoms with E-state index in [0.717, 1.165) is 24.2 Å². The number of nitrogens with zero attached hydrogens (tertiary/aromatic N) is 2. The van der Waals surface area contributed by atoms with Gasteiger partial charge in [0.05, 0.1) is 23.0 Å². The van der Waals surface area contributed by atoms with Gasteiger partial charge < -0.3 is 19.0 Å². The molecular weight excluding hydrogens is 492 g/mol. The van der Waals surface area contributed by atoms with Gasteiger partial charge in [-0.1, -0.05) is 0 Å². The molecular formula is C27H26N4O5S. The Kier molecular flexibility index (Phi) is 6.34. The minimum absolute atomic E-state index is 0.0560. The molecule has 5 aromatic rings. The van der Waals surface area contributed by atoms with Crippen LogP contribution in [0.3, 0.4) is 0 Å². The van der Waals surface area contributed by atoms with Gasteiger partial charge in [0.25, 0.3) is 10.0 Å². The summed E-state index contributed by atoms with van der Waals surface area (Å²) in [4.78, 5) is 22.6. The maximum atomic E-state index is 13.0. The van der Waals surface area contributed by atoms with Gasteiger partial charge in [0.15, 0.2) is 0 Å². The summed E-state index contributed by atoms with van der Waals surface area (Å²) in [5.74, 6) is 0.924. The van der Waals surface area contributed by atoms with E-state index in [0.29, 0.717) is 33.9 Å². The molecule has 2 heterocycles. The topological polar surface area (TPSA) is 118 Å². The lowest BCUT2D eigenvalue weighted by molar-refractivity contribution is 0.415. The second-order valence-corrected chi connectivity index (χ2v) is 10.1. The number of rotatable bonds is 8. The van der Waals surface area contributed by atoms with Gasteiger partial charge in [-0.25, -0.2) is 18.2 Å². The number of sulfonamides is 1. The van der Waals surface area contributed by atoms with Crippen molar-refractivity contribution in [2.45, 2.75) is 18.7 Å². The van der Waals surface area contributed by atoms with Crippen LogP contribution < -0.4 is 20.0 Å². The monoisotopic (exact) mass is 518 g/mol. The van der Waals surface area contributed by atoms with Gasteiger partial charge in [-0.2, -0.15) is 0 Å². The second kappa shape index (κ2) is 9.62. The van der Waals surface area contributed by atoms with Gasteiger partial charge in [0.1, 0.15) is 22.7 Å². The van der Waals surface area contributed by atoms with Crippen molar-refractivity contribution in [3.63, 3.8) is 0 Å². The molecule has 0 spiro atoms. The lowest BCUT2D eigenvalue weighted by Crippen LogP contribution is -2.21. The van der Waals surface area contributed by atoms with Crippen LogP contribution in [0.1, 0.15) is 13.8 Å². The Morgan fingerprint density at radius 3 is 2.46 bits per heavy atom. The van der Waals surface area contributed by atoms with E-state index >= 15 is 0 Å². The fourth-order valence-corrected chi connectivity index (χ4v) is 5.29.